The van der Waals surface area contributed by atoms with Crippen LogP contribution in [-0.2, 0) is 14.3 Å². The molecule has 0 saturated carbocycles. The number of rotatable bonds is 6. The molecule has 186 valence electrons. The van der Waals surface area contributed by atoms with Crippen LogP contribution in [0.4, 0.5) is 9.59 Å². The summed E-state index contributed by atoms with van der Waals surface area (Å²) in [5.41, 5.74) is 3.85. The molecule has 0 spiro atoms. The smallest absolute Gasteiger partial charge is 0.410 e. The number of ether oxygens (including phenoxy) is 2. The first-order valence-electron chi connectivity index (χ1n) is 12.0. The topological polar surface area (TPSA) is 105 Å². The van der Waals surface area contributed by atoms with Crippen molar-refractivity contribution in [2.24, 2.45) is 5.92 Å². The second kappa shape index (κ2) is 9.98. The Bertz CT molecular complexity index is 1060. The van der Waals surface area contributed by atoms with Crippen molar-refractivity contribution in [2.45, 2.75) is 51.2 Å². The minimum absolute atomic E-state index is 0.0916. The number of aliphatic carboxylic acids is 1. The molecule has 0 bridgehead atoms. The summed E-state index contributed by atoms with van der Waals surface area (Å²) < 4.78 is 10.9. The highest BCUT2D eigenvalue weighted by molar-refractivity contribution is 5.82. The van der Waals surface area contributed by atoms with Gasteiger partial charge in [0.25, 0.3) is 0 Å². The van der Waals surface area contributed by atoms with E-state index in [9.17, 15) is 19.5 Å². The molecule has 2 aromatic carbocycles. The maximum absolute atomic E-state index is 13.0. The first-order valence-corrected chi connectivity index (χ1v) is 12.0. The normalized spacial score (nSPS) is 19.1. The predicted octanol–water partition coefficient (Wildman–Crippen LogP) is 4.63. The molecule has 0 unspecified atom stereocenters. The summed E-state index contributed by atoms with van der Waals surface area (Å²) in [4.78, 5) is 38.2. The molecule has 2 aromatic rings. The van der Waals surface area contributed by atoms with Crippen LogP contribution >= 0.6 is 0 Å². The zero-order chi connectivity index (χ0) is 25.2. The van der Waals surface area contributed by atoms with Gasteiger partial charge in [0, 0.05) is 19.0 Å². The summed E-state index contributed by atoms with van der Waals surface area (Å²) in [6.07, 6.45) is -0.224. The molecule has 1 fully saturated rings. The molecule has 1 heterocycles. The lowest BCUT2D eigenvalue weighted by Crippen LogP contribution is -2.44. The van der Waals surface area contributed by atoms with Gasteiger partial charge >= 0.3 is 18.2 Å². The van der Waals surface area contributed by atoms with E-state index in [4.69, 9.17) is 9.47 Å². The summed E-state index contributed by atoms with van der Waals surface area (Å²) in [6, 6.07) is 15.1. The van der Waals surface area contributed by atoms with Gasteiger partial charge in [0.05, 0.1) is 0 Å². The molecule has 2 amide bonds. The van der Waals surface area contributed by atoms with Crippen molar-refractivity contribution >= 4 is 18.2 Å². The van der Waals surface area contributed by atoms with Gasteiger partial charge in [-0.15, -0.1) is 0 Å². The number of hydrogen-bond acceptors (Lipinski definition) is 5. The Labute approximate surface area is 205 Å². The summed E-state index contributed by atoms with van der Waals surface area (Å²) in [7, 11) is 0. The van der Waals surface area contributed by atoms with Crippen LogP contribution in [0.1, 0.15) is 50.7 Å². The summed E-state index contributed by atoms with van der Waals surface area (Å²) in [6.45, 7) is 6.02. The molecule has 0 radical (unpaired) electrons. The van der Waals surface area contributed by atoms with Crippen LogP contribution in [0.5, 0.6) is 0 Å². The molecule has 1 aliphatic carbocycles. The van der Waals surface area contributed by atoms with E-state index in [0.29, 0.717) is 19.4 Å². The average molecular weight is 481 g/mol. The maximum atomic E-state index is 13.0. The van der Waals surface area contributed by atoms with E-state index in [2.05, 4.69) is 17.4 Å². The van der Waals surface area contributed by atoms with Crippen molar-refractivity contribution in [3.63, 3.8) is 0 Å². The number of carbonyl (C=O) groups is 3. The third kappa shape index (κ3) is 5.42. The highest BCUT2D eigenvalue weighted by Crippen LogP contribution is 2.44. The van der Waals surface area contributed by atoms with Gasteiger partial charge in [-0.2, -0.15) is 0 Å². The molecule has 2 N–H and O–H groups in total. The summed E-state index contributed by atoms with van der Waals surface area (Å²) in [5, 5.41) is 12.5. The van der Waals surface area contributed by atoms with E-state index in [0.717, 1.165) is 22.3 Å². The van der Waals surface area contributed by atoms with Crippen molar-refractivity contribution in [3.8, 4) is 11.1 Å². The molecule has 0 aromatic heterocycles. The lowest BCUT2D eigenvalue weighted by atomic mass is 9.96. The monoisotopic (exact) mass is 480 g/mol. The van der Waals surface area contributed by atoms with Crippen molar-refractivity contribution in [1.29, 1.82) is 0 Å². The average Bonchev–Trinajstić information content (AvgIpc) is 3.36. The number of amides is 2. The Balaban J connectivity index is 1.36. The Kier molecular flexibility index (Phi) is 7.00. The summed E-state index contributed by atoms with van der Waals surface area (Å²) in [5.74, 6) is -1.45. The molecular formula is C27H32N2O6. The van der Waals surface area contributed by atoms with Crippen LogP contribution in [0.25, 0.3) is 11.1 Å². The number of hydrogen-bond donors (Lipinski definition) is 2. The number of carboxylic acid groups (broad SMARTS) is 1. The van der Waals surface area contributed by atoms with Gasteiger partial charge in [0.15, 0.2) is 0 Å². The van der Waals surface area contributed by atoms with Crippen LogP contribution < -0.4 is 5.32 Å². The zero-order valence-corrected chi connectivity index (χ0v) is 20.3. The van der Waals surface area contributed by atoms with E-state index in [1.54, 1.807) is 20.8 Å². The molecule has 1 saturated heterocycles. The van der Waals surface area contributed by atoms with Crippen LogP contribution in [-0.4, -0.2) is 59.5 Å². The number of likely N-dealkylation sites (tertiary alicyclic amines) is 1. The SMILES string of the molecule is CC(C)(C)OC(=O)NCC[C@H]1CCN(C(=O)OCC2c3ccccc3-c3ccccc32)[C@@H]1C(=O)O. The molecule has 4 rings (SSSR count). The number of nitrogens with one attached hydrogen (secondary N) is 1. The van der Waals surface area contributed by atoms with E-state index < -0.39 is 29.8 Å². The van der Waals surface area contributed by atoms with Gasteiger partial charge in [-0.25, -0.2) is 14.4 Å². The van der Waals surface area contributed by atoms with Crippen LogP contribution in [0, 0.1) is 5.92 Å². The molecule has 2 atom stereocenters. The number of benzene rings is 2. The lowest BCUT2D eigenvalue weighted by Gasteiger charge is -2.25. The van der Waals surface area contributed by atoms with Crippen molar-refractivity contribution < 1.29 is 29.0 Å². The zero-order valence-electron chi connectivity index (χ0n) is 20.3. The predicted molar refractivity (Wildman–Crippen MR) is 130 cm³/mol. The van der Waals surface area contributed by atoms with Crippen LogP contribution in [0.15, 0.2) is 48.5 Å². The van der Waals surface area contributed by atoms with Gasteiger partial charge in [-0.1, -0.05) is 48.5 Å². The van der Waals surface area contributed by atoms with E-state index >= 15 is 0 Å². The van der Waals surface area contributed by atoms with E-state index in [1.165, 1.54) is 4.90 Å². The third-order valence-electron chi connectivity index (χ3n) is 6.53. The van der Waals surface area contributed by atoms with Gasteiger partial charge in [0.2, 0.25) is 0 Å². The van der Waals surface area contributed by atoms with E-state index in [1.807, 2.05) is 36.4 Å². The Morgan fingerprint density at radius 2 is 1.63 bits per heavy atom. The molecule has 1 aliphatic heterocycles. The van der Waals surface area contributed by atoms with Crippen molar-refractivity contribution in [1.82, 2.24) is 10.2 Å². The van der Waals surface area contributed by atoms with Gasteiger partial charge in [-0.05, 0) is 61.8 Å². The van der Waals surface area contributed by atoms with Gasteiger partial charge in [-0.3, -0.25) is 4.90 Å². The minimum Gasteiger partial charge on any atom is -0.480 e. The molecule has 8 nitrogen and oxygen atoms in total. The van der Waals surface area contributed by atoms with Crippen molar-refractivity contribution in [2.75, 3.05) is 19.7 Å². The number of fused-ring (bicyclic) bond motifs is 3. The second-order valence-electron chi connectivity index (χ2n) is 10.0. The minimum atomic E-state index is -1.07. The fourth-order valence-electron chi connectivity index (χ4n) is 5.05. The fourth-order valence-corrected chi connectivity index (χ4v) is 5.05. The molecule has 8 heteroatoms. The van der Waals surface area contributed by atoms with Crippen LogP contribution in [0.2, 0.25) is 0 Å². The first-order chi connectivity index (χ1) is 16.7. The number of nitrogens with zero attached hydrogens (tertiary/aromatic N) is 1. The largest absolute Gasteiger partial charge is 0.480 e. The Morgan fingerprint density at radius 1 is 1.03 bits per heavy atom. The van der Waals surface area contributed by atoms with Gasteiger partial charge < -0.3 is 19.9 Å². The second-order valence-corrected chi connectivity index (χ2v) is 10.0. The quantitative estimate of drug-likeness (QED) is 0.625. The Morgan fingerprint density at radius 3 is 2.20 bits per heavy atom. The Hall–Kier alpha value is -3.55. The first kappa shape index (κ1) is 24.6. The number of alkyl carbamates (subject to hydrolysis) is 1. The summed E-state index contributed by atoms with van der Waals surface area (Å²) >= 11 is 0. The lowest BCUT2D eigenvalue weighted by molar-refractivity contribution is -0.143. The third-order valence-corrected chi connectivity index (χ3v) is 6.53. The number of carboxylic acids is 1. The fraction of sp³-hybridized carbons (Fsp3) is 0.444. The van der Waals surface area contributed by atoms with Gasteiger partial charge in [0.1, 0.15) is 18.2 Å². The standard InChI is InChI=1S/C27H32N2O6/c1-27(2,3)35-25(32)28-14-12-17-13-15-29(23(17)24(30)31)26(33)34-16-22-20-10-6-4-8-18(20)19-9-5-7-11-21(19)22/h4-11,17,22-23H,12-16H2,1-3H3,(H,28,32)(H,30,31)/t17-,23-/m0/s1. The van der Waals surface area contributed by atoms with Crippen LogP contribution in [0.3, 0.4) is 0 Å². The number of carbonyl (C=O) groups excluding carboxylic acids is 2. The maximum Gasteiger partial charge on any atom is 0.410 e. The molecular weight excluding hydrogens is 448 g/mol. The highest BCUT2D eigenvalue weighted by atomic mass is 16.6. The van der Waals surface area contributed by atoms with E-state index in [-0.39, 0.29) is 25.0 Å². The van der Waals surface area contributed by atoms with Crippen molar-refractivity contribution in [3.05, 3.63) is 59.7 Å². The molecule has 35 heavy (non-hydrogen) atoms. The molecule has 2 aliphatic rings. The highest BCUT2D eigenvalue weighted by Gasteiger charge is 2.43.